The van der Waals surface area contributed by atoms with Crippen LogP contribution in [0.4, 0.5) is 11.4 Å². The molecule has 0 spiro atoms. The zero-order valence-electron chi connectivity index (χ0n) is 13.7. The highest BCUT2D eigenvalue weighted by molar-refractivity contribution is 7.92. The van der Waals surface area contributed by atoms with Crippen molar-refractivity contribution in [2.24, 2.45) is 0 Å². The summed E-state index contributed by atoms with van der Waals surface area (Å²) in [6.45, 7) is 1.34. The fourth-order valence-electron chi connectivity index (χ4n) is 2.09. The lowest BCUT2D eigenvalue weighted by molar-refractivity contribution is -0.114. The number of ether oxygens (including phenoxy) is 1. The van der Waals surface area contributed by atoms with Gasteiger partial charge in [-0.1, -0.05) is 11.6 Å². The molecule has 0 fully saturated rings. The molecule has 0 aliphatic heterocycles. The molecule has 0 saturated heterocycles. The van der Waals surface area contributed by atoms with E-state index in [9.17, 15) is 18.0 Å². The van der Waals surface area contributed by atoms with Crippen LogP contribution in [0.25, 0.3) is 0 Å². The van der Waals surface area contributed by atoms with Crippen LogP contribution in [0.1, 0.15) is 17.3 Å². The van der Waals surface area contributed by atoms with Crippen LogP contribution in [0.15, 0.2) is 41.3 Å². The number of nitrogens with one attached hydrogen (secondary N) is 2. The normalized spacial score (nSPS) is 10.9. The molecule has 0 saturated carbocycles. The van der Waals surface area contributed by atoms with E-state index < -0.39 is 16.0 Å². The Bertz CT molecular complexity index is 957. The fraction of sp³-hybridized carbons (Fsp3) is 0.125. The van der Waals surface area contributed by atoms with Crippen molar-refractivity contribution in [1.82, 2.24) is 0 Å². The van der Waals surface area contributed by atoms with Gasteiger partial charge in [-0.2, -0.15) is 0 Å². The first-order valence-electron chi connectivity index (χ1n) is 7.15. The number of sulfonamides is 1. The number of hydrogen-bond acceptors (Lipinski definition) is 5. The number of anilines is 2. The summed E-state index contributed by atoms with van der Waals surface area (Å²) in [4.78, 5) is 22.1. The van der Waals surface area contributed by atoms with Gasteiger partial charge in [-0.25, -0.2) is 13.2 Å². The number of carbonyl (C=O) groups is 2. The third-order valence-corrected chi connectivity index (χ3v) is 4.94. The van der Waals surface area contributed by atoms with Crippen molar-refractivity contribution in [3.63, 3.8) is 0 Å². The van der Waals surface area contributed by atoms with Crippen LogP contribution in [-0.2, 0) is 14.8 Å². The number of benzene rings is 2. The van der Waals surface area contributed by atoms with Gasteiger partial charge >= 0.3 is 5.97 Å². The molecule has 0 aliphatic carbocycles. The highest BCUT2D eigenvalue weighted by atomic mass is 35.5. The lowest BCUT2D eigenvalue weighted by atomic mass is 10.2. The van der Waals surface area contributed by atoms with Gasteiger partial charge in [-0.15, -0.1) is 0 Å². The van der Waals surface area contributed by atoms with Gasteiger partial charge in [-0.3, -0.25) is 9.52 Å². The number of amides is 1. The Morgan fingerprint density at radius 3 is 2.27 bits per heavy atom. The lowest BCUT2D eigenvalue weighted by Crippen LogP contribution is -2.14. The number of methoxy groups -OCH3 is 1. The van der Waals surface area contributed by atoms with Crippen molar-refractivity contribution in [2.45, 2.75) is 11.8 Å². The van der Waals surface area contributed by atoms with Crippen LogP contribution in [0.2, 0.25) is 5.02 Å². The van der Waals surface area contributed by atoms with E-state index in [4.69, 9.17) is 21.4 Å². The van der Waals surface area contributed by atoms with Gasteiger partial charge in [-0.05, 0) is 30.3 Å². The molecule has 26 heavy (non-hydrogen) atoms. The topological polar surface area (TPSA) is 122 Å². The molecule has 0 atom stereocenters. The first-order chi connectivity index (χ1) is 12.1. The van der Waals surface area contributed by atoms with Gasteiger partial charge in [0.05, 0.1) is 22.7 Å². The molecule has 0 radical (unpaired) electrons. The average molecular weight is 399 g/mol. The van der Waals surface area contributed by atoms with E-state index in [1.54, 1.807) is 0 Å². The predicted molar refractivity (Wildman–Crippen MR) is 96.5 cm³/mol. The summed E-state index contributed by atoms with van der Waals surface area (Å²) in [7, 11) is -2.73. The number of carboxylic acids is 1. The third kappa shape index (κ3) is 4.44. The molecule has 0 heterocycles. The van der Waals surface area contributed by atoms with Gasteiger partial charge in [0.25, 0.3) is 10.0 Å². The number of halogens is 1. The monoisotopic (exact) mass is 398 g/mol. The zero-order chi connectivity index (χ0) is 19.5. The Hall–Kier alpha value is -2.78. The minimum absolute atomic E-state index is 0.0283. The van der Waals surface area contributed by atoms with Crippen LogP contribution in [-0.4, -0.2) is 32.5 Å². The second-order valence-corrected chi connectivity index (χ2v) is 7.24. The van der Waals surface area contributed by atoms with Crippen LogP contribution < -0.4 is 14.8 Å². The second kappa shape index (κ2) is 7.63. The number of aromatic carboxylic acids is 1. The molecule has 0 bridgehead atoms. The number of carboxylic acid groups (broad SMARTS) is 1. The molecule has 0 aliphatic rings. The van der Waals surface area contributed by atoms with Crippen LogP contribution in [0.5, 0.6) is 5.75 Å². The molecule has 10 heteroatoms. The number of carbonyl (C=O) groups excluding carboxylic acids is 1. The van der Waals surface area contributed by atoms with Crippen molar-refractivity contribution in [2.75, 3.05) is 17.1 Å². The molecular weight excluding hydrogens is 384 g/mol. The summed E-state index contributed by atoms with van der Waals surface area (Å²) >= 11 is 5.99. The van der Waals surface area contributed by atoms with E-state index in [-0.39, 0.29) is 32.8 Å². The van der Waals surface area contributed by atoms with Gasteiger partial charge in [0.2, 0.25) is 5.91 Å². The Kier molecular flexibility index (Phi) is 5.73. The molecule has 0 unspecified atom stereocenters. The molecule has 138 valence electrons. The first kappa shape index (κ1) is 19.5. The van der Waals surface area contributed by atoms with Gasteiger partial charge in [0, 0.05) is 18.7 Å². The van der Waals surface area contributed by atoms with Gasteiger partial charge in [0.1, 0.15) is 11.3 Å². The molecule has 2 aromatic carbocycles. The molecule has 2 aromatic rings. The van der Waals surface area contributed by atoms with Gasteiger partial charge < -0.3 is 15.2 Å². The quantitative estimate of drug-likeness (QED) is 0.687. The van der Waals surface area contributed by atoms with Crippen LogP contribution in [0.3, 0.4) is 0 Å². The Labute approximate surface area is 154 Å². The lowest BCUT2D eigenvalue weighted by Gasteiger charge is -2.13. The van der Waals surface area contributed by atoms with Crippen molar-refractivity contribution < 1.29 is 27.9 Å². The van der Waals surface area contributed by atoms with E-state index in [0.717, 1.165) is 6.07 Å². The highest BCUT2D eigenvalue weighted by Crippen LogP contribution is 2.32. The minimum Gasteiger partial charge on any atom is -0.496 e. The van der Waals surface area contributed by atoms with Crippen molar-refractivity contribution >= 4 is 44.9 Å². The minimum atomic E-state index is -3.99. The molecular formula is C16H15ClN2O6S. The zero-order valence-corrected chi connectivity index (χ0v) is 15.3. The van der Waals surface area contributed by atoms with Crippen molar-refractivity contribution in [1.29, 1.82) is 0 Å². The first-order valence-corrected chi connectivity index (χ1v) is 9.01. The maximum absolute atomic E-state index is 12.5. The molecule has 3 N–H and O–H groups in total. The smallest absolute Gasteiger partial charge is 0.339 e. The number of hydrogen-bond donors (Lipinski definition) is 3. The standard InChI is InChI=1S/C16H15ClN2O6S/c1-9(20)18-10-3-5-11(6-4-10)26(23,24)19-14-8-15(25-2)12(16(21)22)7-13(14)17/h3-8,19H,1-2H3,(H,18,20)(H,21,22). The van der Waals surface area contributed by atoms with Gasteiger partial charge in [0.15, 0.2) is 0 Å². The Morgan fingerprint density at radius 2 is 1.77 bits per heavy atom. The maximum atomic E-state index is 12.5. The maximum Gasteiger partial charge on any atom is 0.339 e. The molecule has 8 nitrogen and oxygen atoms in total. The van der Waals surface area contributed by atoms with E-state index >= 15 is 0 Å². The summed E-state index contributed by atoms with van der Waals surface area (Å²) in [5, 5.41) is 11.5. The SMILES string of the molecule is COc1cc(NS(=O)(=O)c2ccc(NC(C)=O)cc2)c(Cl)cc1C(=O)O. The predicted octanol–water partition coefficient (Wildman–Crippen LogP) is 2.81. The molecule has 2 rings (SSSR count). The highest BCUT2D eigenvalue weighted by Gasteiger charge is 2.20. The summed E-state index contributed by atoms with van der Waals surface area (Å²) < 4.78 is 32.2. The van der Waals surface area contributed by atoms with E-state index in [0.29, 0.717) is 5.69 Å². The van der Waals surface area contributed by atoms with E-state index in [1.807, 2.05) is 0 Å². The van der Waals surface area contributed by atoms with Crippen molar-refractivity contribution in [3.05, 3.63) is 47.0 Å². The second-order valence-electron chi connectivity index (χ2n) is 5.15. The average Bonchev–Trinajstić information content (AvgIpc) is 2.56. The molecule has 1 amide bonds. The Balaban J connectivity index is 2.34. The van der Waals surface area contributed by atoms with Crippen LogP contribution in [0, 0.1) is 0 Å². The molecule has 0 aromatic heterocycles. The summed E-state index contributed by atoms with van der Waals surface area (Å²) in [6, 6.07) is 7.78. The summed E-state index contributed by atoms with van der Waals surface area (Å²) in [6.07, 6.45) is 0. The summed E-state index contributed by atoms with van der Waals surface area (Å²) in [5.41, 5.74) is 0.224. The van der Waals surface area contributed by atoms with E-state index in [1.165, 1.54) is 44.4 Å². The summed E-state index contributed by atoms with van der Waals surface area (Å²) in [5.74, 6) is -1.58. The van der Waals surface area contributed by atoms with E-state index in [2.05, 4.69) is 10.0 Å². The number of rotatable bonds is 6. The van der Waals surface area contributed by atoms with Crippen molar-refractivity contribution in [3.8, 4) is 5.75 Å². The fourth-order valence-corrected chi connectivity index (χ4v) is 3.43. The Morgan fingerprint density at radius 1 is 1.15 bits per heavy atom. The largest absolute Gasteiger partial charge is 0.496 e. The van der Waals surface area contributed by atoms with Crippen LogP contribution >= 0.6 is 11.6 Å². The third-order valence-electron chi connectivity index (χ3n) is 3.25.